The second-order valence-corrected chi connectivity index (χ2v) is 5.25. The minimum atomic E-state index is 0. The summed E-state index contributed by atoms with van der Waals surface area (Å²) in [5, 5.41) is 0. The largest absolute Gasteiger partial charge is 0.342 e. The molecular formula is C12H23ClN2O. The van der Waals surface area contributed by atoms with Crippen molar-refractivity contribution in [2.45, 2.75) is 45.1 Å². The fourth-order valence-electron chi connectivity index (χ4n) is 2.28. The Kier molecular flexibility index (Phi) is 5.06. The maximum atomic E-state index is 11.9. The lowest BCUT2D eigenvalue weighted by molar-refractivity contribution is -0.133. The molecule has 2 N–H and O–H groups in total. The molecule has 2 atom stereocenters. The summed E-state index contributed by atoms with van der Waals surface area (Å²) in [7, 11) is 0. The van der Waals surface area contributed by atoms with Crippen LogP contribution in [0.15, 0.2) is 0 Å². The molecule has 2 rings (SSSR count). The first-order chi connectivity index (χ1) is 7.16. The van der Waals surface area contributed by atoms with Gasteiger partial charge in [-0.25, -0.2) is 0 Å². The fourth-order valence-corrected chi connectivity index (χ4v) is 2.28. The van der Waals surface area contributed by atoms with E-state index in [0.717, 1.165) is 38.3 Å². The number of nitrogens with two attached hydrogens (primary N) is 1. The number of carbonyl (C=O) groups excluding carboxylic acids is 1. The third-order valence-corrected chi connectivity index (χ3v) is 3.79. The van der Waals surface area contributed by atoms with Gasteiger partial charge in [-0.1, -0.05) is 19.8 Å². The zero-order valence-corrected chi connectivity index (χ0v) is 10.8. The maximum Gasteiger partial charge on any atom is 0.222 e. The van der Waals surface area contributed by atoms with Crippen molar-refractivity contribution >= 4 is 18.3 Å². The van der Waals surface area contributed by atoms with Crippen molar-refractivity contribution in [3.05, 3.63) is 0 Å². The van der Waals surface area contributed by atoms with Gasteiger partial charge < -0.3 is 10.6 Å². The van der Waals surface area contributed by atoms with E-state index in [0.29, 0.717) is 11.8 Å². The number of piperidine rings is 1. The second-order valence-electron chi connectivity index (χ2n) is 5.25. The highest BCUT2D eigenvalue weighted by atomic mass is 35.5. The summed E-state index contributed by atoms with van der Waals surface area (Å²) in [6, 6.07) is 0.289. The van der Waals surface area contributed by atoms with Gasteiger partial charge >= 0.3 is 0 Å². The van der Waals surface area contributed by atoms with Crippen molar-refractivity contribution in [3.8, 4) is 0 Å². The Morgan fingerprint density at radius 1 is 1.38 bits per heavy atom. The van der Waals surface area contributed by atoms with Crippen LogP contribution in [0.25, 0.3) is 0 Å². The van der Waals surface area contributed by atoms with Gasteiger partial charge in [0, 0.05) is 25.6 Å². The van der Waals surface area contributed by atoms with Crippen LogP contribution in [0.2, 0.25) is 0 Å². The van der Waals surface area contributed by atoms with E-state index in [1.165, 1.54) is 12.8 Å². The molecule has 94 valence electrons. The lowest BCUT2D eigenvalue weighted by Crippen LogP contribution is -2.48. The highest BCUT2D eigenvalue weighted by Crippen LogP contribution is 2.33. The number of nitrogens with zero attached hydrogens (tertiary/aromatic N) is 1. The Bertz CT molecular complexity index is 243. The lowest BCUT2D eigenvalue weighted by Gasteiger charge is -2.35. The summed E-state index contributed by atoms with van der Waals surface area (Å²) in [5.41, 5.74) is 5.93. The number of likely N-dealkylation sites (tertiary alicyclic amines) is 1. The standard InChI is InChI=1S/C12H22N2O.ClH/c1-9-8-14(7-6-11(9)13)12(15)5-4-10-2-3-10;/h9-11H,2-8,13H2,1H3;1H. The van der Waals surface area contributed by atoms with Crippen LogP contribution in [0.3, 0.4) is 0 Å². The summed E-state index contributed by atoms with van der Waals surface area (Å²) < 4.78 is 0. The summed E-state index contributed by atoms with van der Waals surface area (Å²) in [5.74, 6) is 1.67. The zero-order valence-electron chi connectivity index (χ0n) is 10.0. The smallest absolute Gasteiger partial charge is 0.222 e. The van der Waals surface area contributed by atoms with E-state index in [-0.39, 0.29) is 18.4 Å². The number of carbonyl (C=O) groups is 1. The Hall–Kier alpha value is -0.280. The van der Waals surface area contributed by atoms with Gasteiger partial charge in [-0.05, 0) is 24.7 Å². The van der Waals surface area contributed by atoms with E-state index in [4.69, 9.17) is 5.73 Å². The third-order valence-electron chi connectivity index (χ3n) is 3.79. The molecule has 1 aliphatic heterocycles. The van der Waals surface area contributed by atoms with Crippen LogP contribution in [0.4, 0.5) is 0 Å². The molecule has 4 heteroatoms. The summed E-state index contributed by atoms with van der Waals surface area (Å²) in [6.45, 7) is 3.88. The van der Waals surface area contributed by atoms with Gasteiger partial charge in [0.25, 0.3) is 0 Å². The van der Waals surface area contributed by atoms with Crippen LogP contribution < -0.4 is 5.73 Å². The minimum absolute atomic E-state index is 0. The molecule has 1 heterocycles. The molecule has 0 spiro atoms. The molecule has 3 nitrogen and oxygen atoms in total. The van der Waals surface area contributed by atoms with E-state index in [9.17, 15) is 4.79 Å². The Balaban J connectivity index is 0.00000128. The summed E-state index contributed by atoms with van der Waals surface area (Å²) in [4.78, 5) is 13.9. The number of halogens is 1. The zero-order chi connectivity index (χ0) is 10.8. The molecule has 16 heavy (non-hydrogen) atoms. The molecule has 0 aromatic carbocycles. The molecule has 0 bridgehead atoms. The highest BCUT2D eigenvalue weighted by Gasteiger charge is 2.27. The Morgan fingerprint density at radius 3 is 2.62 bits per heavy atom. The van der Waals surface area contributed by atoms with Gasteiger partial charge in [-0.15, -0.1) is 12.4 Å². The second kappa shape index (κ2) is 5.87. The number of amides is 1. The first-order valence-electron chi connectivity index (χ1n) is 6.20. The van der Waals surface area contributed by atoms with Crippen molar-refractivity contribution in [3.63, 3.8) is 0 Å². The van der Waals surface area contributed by atoms with Crippen molar-refractivity contribution in [2.24, 2.45) is 17.6 Å². The Labute approximate surface area is 104 Å². The molecule has 2 aliphatic rings. The van der Waals surface area contributed by atoms with E-state index in [1.54, 1.807) is 0 Å². The van der Waals surface area contributed by atoms with Gasteiger partial charge in [0.1, 0.15) is 0 Å². The van der Waals surface area contributed by atoms with Gasteiger partial charge in [0.2, 0.25) is 5.91 Å². The van der Waals surface area contributed by atoms with Crippen molar-refractivity contribution in [1.29, 1.82) is 0 Å². The molecular weight excluding hydrogens is 224 g/mol. The van der Waals surface area contributed by atoms with E-state index in [2.05, 4.69) is 6.92 Å². The van der Waals surface area contributed by atoms with Crippen LogP contribution in [0.5, 0.6) is 0 Å². The highest BCUT2D eigenvalue weighted by molar-refractivity contribution is 5.85. The van der Waals surface area contributed by atoms with E-state index < -0.39 is 0 Å². The van der Waals surface area contributed by atoms with Gasteiger partial charge in [-0.3, -0.25) is 4.79 Å². The molecule has 2 unspecified atom stereocenters. The Morgan fingerprint density at radius 2 is 2.06 bits per heavy atom. The topological polar surface area (TPSA) is 46.3 Å². The quantitative estimate of drug-likeness (QED) is 0.826. The van der Waals surface area contributed by atoms with Crippen LogP contribution in [0.1, 0.15) is 39.0 Å². The maximum absolute atomic E-state index is 11.9. The number of rotatable bonds is 3. The summed E-state index contributed by atoms with van der Waals surface area (Å²) >= 11 is 0. The molecule has 1 saturated heterocycles. The molecule has 0 radical (unpaired) electrons. The summed E-state index contributed by atoms with van der Waals surface area (Å²) in [6.07, 6.45) is 5.52. The minimum Gasteiger partial charge on any atom is -0.342 e. The number of hydrogen-bond donors (Lipinski definition) is 1. The first kappa shape index (κ1) is 13.8. The third kappa shape index (κ3) is 3.63. The van der Waals surface area contributed by atoms with Crippen molar-refractivity contribution < 1.29 is 4.79 Å². The van der Waals surface area contributed by atoms with E-state index in [1.807, 2.05) is 4.90 Å². The molecule has 1 amide bonds. The SMILES string of the molecule is CC1CN(C(=O)CCC2CC2)CCC1N.Cl. The van der Waals surface area contributed by atoms with Gasteiger partial charge in [0.15, 0.2) is 0 Å². The average molecular weight is 247 g/mol. The van der Waals surface area contributed by atoms with Crippen LogP contribution in [0, 0.1) is 11.8 Å². The van der Waals surface area contributed by atoms with Crippen LogP contribution in [-0.2, 0) is 4.79 Å². The predicted molar refractivity (Wildman–Crippen MR) is 67.5 cm³/mol. The van der Waals surface area contributed by atoms with Crippen LogP contribution in [-0.4, -0.2) is 29.9 Å². The monoisotopic (exact) mass is 246 g/mol. The molecule has 1 aliphatic carbocycles. The molecule has 1 saturated carbocycles. The molecule has 0 aromatic heterocycles. The number of hydrogen-bond acceptors (Lipinski definition) is 2. The normalized spacial score (nSPS) is 29.8. The average Bonchev–Trinajstić information content (AvgIpc) is 3.02. The van der Waals surface area contributed by atoms with Crippen LogP contribution >= 0.6 is 12.4 Å². The van der Waals surface area contributed by atoms with Crippen molar-refractivity contribution in [1.82, 2.24) is 4.90 Å². The molecule has 2 fully saturated rings. The van der Waals surface area contributed by atoms with Crippen molar-refractivity contribution in [2.75, 3.05) is 13.1 Å². The van der Waals surface area contributed by atoms with E-state index >= 15 is 0 Å². The first-order valence-corrected chi connectivity index (χ1v) is 6.20. The van der Waals surface area contributed by atoms with Gasteiger partial charge in [-0.2, -0.15) is 0 Å². The molecule has 0 aromatic rings. The fraction of sp³-hybridized carbons (Fsp3) is 0.917. The lowest BCUT2D eigenvalue weighted by atomic mass is 9.94. The van der Waals surface area contributed by atoms with Gasteiger partial charge in [0.05, 0.1) is 0 Å². The predicted octanol–water partition coefficient (Wildman–Crippen LogP) is 1.79.